The maximum atomic E-state index is 2.47. The molecule has 1 aliphatic heterocycles. The smallest absolute Gasteiger partial charge is 0.228 e. The fraction of sp³-hybridized carbons (Fsp3) is 0.0513. The molecule has 0 spiro atoms. The van der Waals surface area contributed by atoms with Crippen LogP contribution in [0.25, 0.3) is 0 Å². The van der Waals surface area contributed by atoms with Crippen LogP contribution < -0.4 is 4.90 Å². The Morgan fingerprint density at radius 3 is 1.44 bits per heavy atom. The molecule has 0 radical (unpaired) electrons. The Kier molecular flexibility index (Phi) is 6.50. The van der Waals surface area contributed by atoms with Gasteiger partial charge in [0, 0.05) is 17.8 Å². The van der Waals surface area contributed by atoms with Gasteiger partial charge in [-0.15, -0.1) is 0 Å². The number of fused-ring (bicyclic) bond motifs is 1. The fourth-order valence-electron chi connectivity index (χ4n) is 6.33. The number of para-hydroxylation sites is 3. The Balaban J connectivity index is 1.60. The first kappa shape index (κ1) is 24.8. The molecule has 41 heavy (non-hydrogen) atoms. The monoisotopic (exact) mass is 527 g/mol. The maximum absolute atomic E-state index is 2.47. The lowest BCUT2D eigenvalue weighted by atomic mass is 9.64. The lowest BCUT2D eigenvalue weighted by molar-refractivity contribution is -0.434. The first-order chi connectivity index (χ1) is 20.4. The van der Waals surface area contributed by atoms with E-state index in [2.05, 4.69) is 186 Å². The quantitative estimate of drug-likeness (QED) is 0.155. The maximum Gasteiger partial charge on any atom is 0.228 e. The highest BCUT2D eigenvalue weighted by Gasteiger charge is 2.43. The molecule has 1 heterocycles. The third-order valence-electron chi connectivity index (χ3n) is 8.11. The van der Waals surface area contributed by atoms with Crippen LogP contribution in [0.5, 0.6) is 0 Å². The standard InChI is InChI=1S/C39H31N2/c1-6-18-32(19-7-1)39(33-20-8-2-9-21-33,34-22-10-3-11-23-34)37-28-16-17-31-29-40(35-24-12-4-13-25-35)30-41(38(31)37)36-26-14-5-15-27-36/h1-29H,30H2/q+1. The minimum absolute atomic E-state index is 0.537. The number of benzene rings is 6. The summed E-state index contributed by atoms with van der Waals surface area (Å²) in [5, 5.41) is 0. The molecule has 0 amide bonds. The van der Waals surface area contributed by atoms with Crippen LogP contribution >= 0.6 is 0 Å². The molecule has 0 saturated carbocycles. The van der Waals surface area contributed by atoms with Crippen molar-refractivity contribution in [3.05, 3.63) is 198 Å². The molecule has 0 saturated heterocycles. The van der Waals surface area contributed by atoms with Gasteiger partial charge in [-0.1, -0.05) is 140 Å². The zero-order valence-electron chi connectivity index (χ0n) is 22.8. The Morgan fingerprint density at radius 1 is 0.463 bits per heavy atom. The van der Waals surface area contributed by atoms with Crippen molar-refractivity contribution in [2.24, 2.45) is 0 Å². The van der Waals surface area contributed by atoms with Gasteiger partial charge in [-0.25, -0.2) is 0 Å². The molecule has 6 aromatic rings. The topological polar surface area (TPSA) is 6.25 Å². The summed E-state index contributed by atoms with van der Waals surface area (Å²) < 4.78 is 2.34. The first-order valence-corrected chi connectivity index (χ1v) is 14.1. The number of anilines is 2. The van der Waals surface area contributed by atoms with Crippen molar-refractivity contribution in [1.29, 1.82) is 0 Å². The van der Waals surface area contributed by atoms with Crippen LogP contribution in [0.3, 0.4) is 0 Å². The van der Waals surface area contributed by atoms with Gasteiger partial charge < -0.3 is 0 Å². The van der Waals surface area contributed by atoms with Crippen LogP contribution in [-0.2, 0) is 5.41 Å². The summed E-state index contributed by atoms with van der Waals surface area (Å²) in [7, 11) is 0. The van der Waals surface area contributed by atoms with Crippen molar-refractivity contribution in [2.75, 3.05) is 11.6 Å². The van der Waals surface area contributed by atoms with Crippen molar-refractivity contribution < 1.29 is 4.58 Å². The summed E-state index contributed by atoms with van der Waals surface area (Å²) in [4.78, 5) is 2.47. The molecule has 196 valence electrons. The highest BCUT2D eigenvalue weighted by molar-refractivity contribution is 5.92. The summed E-state index contributed by atoms with van der Waals surface area (Å²) in [6, 6.07) is 61.1. The van der Waals surface area contributed by atoms with Gasteiger partial charge in [0.25, 0.3) is 0 Å². The van der Waals surface area contributed by atoms with Gasteiger partial charge in [0.15, 0.2) is 6.21 Å². The number of rotatable bonds is 6. The van der Waals surface area contributed by atoms with Gasteiger partial charge in [0.2, 0.25) is 12.4 Å². The molecule has 0 atom stereocenters. The van der Waals surface area contributed by atoms with E-state index < -0.39 is 5.41 Å². The lowest BCUT2D eigenvalue weighted by Crippen LogP contribution is -2.38. The van der Waals surface area contributed by atoms with Crippen molar-refractivity contribution in [2.45, 2.75) is 5.41 Å². The number of nitrogens with zero attached hydrogens (tertiary/aromatic N) is 2. The second-order valence-corrected chi connectivity index (χ2v) is 10.4. The van der Waals surface area contributed by atoms with Crippen molar-refractivity contribution in [3.63, 3.8) is 0 Å². The molecular formula is C39H31N2+. The molecular weight excluding hydrogens is 496 g/mol. The summed E-state index contributed by atoms with van der Waals surface area (Å²) >= 11 is 0. The van der Waals surface area contributed by atoms with Crippen molar-refractivity contribution in [3.8, 4) is 0 Å². The Hall–Kier alpha value is -5.21. The van der Waals surface area contributed by atoms with Crippen LogP contribution in [0.1, 0.15) is 27.8 Å². The second kappa shape index (κ2) is 10.7. The molecule has 0 fully saturated rings. The van der Waals surface area contributed by atoms with Crippen molar-refractivity contribution in [1.82, 2.24) is 0 Å². The van der Waals surface area contributed by atoms with Gasteiger partial charge in [0.1, 0.15) is 0 Å². The van der Waals surface area contributed by atoms with E-state index in [0.29, 0.717) is 6.67 Å². The number of hydrogen-bond acceptors (Lipinski definition) is 1. The predicted octanol–water partition coefficient (Wildman–Crippen LogP) is 8.94. The summed E-state index contributed by atoms with van der Waals surface area (Å²) in [6.45, 7) is 0.701. The molecule has 0 unspecified atom stereocenters. The molecule has 0 aromatic heterocycles. The van der Waals surface area contributed by atoms with Crippen LogP contribution in [0.4, 0.5) is 17.1 Å². The Bertz CT molecular complexity index is 1680. The minimum Gasteiger partial charge on any atom is -0.285 e. The van der Waals surface area contributed by atoms with E-state index in [-0.39, 0.29) is 0 Å². The molecule has 0 N–H and O–H groups in total. The molecule has 0 aliphatic carbocycles. The van der Waals surface area contributed by atoms with Crippen LogP contribution in [-0.4, -0.2) is 17.5 Å². The summed E-state index contributed by atoms with van der Waals surface area (Å²) in [6.07, 6.45) is 2.30. The normalized spacial score (nSPS) is 12.9. The van der Waals surface area contributed by atoms with Gasteiger partial charge in [-0.2, -0.15) is 4.58 Å². The highest BCUT2D eigenvalue weighted by Crippen LogP contribution is 2.50. The van der Waals surface area contributed by atoms with Crippen molar-refractivity contribution >= 4 is 23.3 Å². The van der Waals surface area contributed by atoms with Crippen LogP contribution in [0, 0.1) is 0 Å². The average Bonchev–Trinajstić information content (AvgIpc) is 3.07. The van der Waals surface area contributed by atoms with E-state index in [4.69, 9.17) is 0 Å². The molecule has 1 aliphatic rings. The Morgan fingerprint density at radius 2 is 0.927 bits per heavy atom. The highest BCUT2D eigenvalue weighted by atomic mass is 15.3. The van der Waals surface area contributed by atoms with Gasteiger partial charge in [-0.05, 0) is 40.5 Å². The van der Waals surface area contributed by atoms with Crippen LogP contribution in [0.15, 0.2) is 170 Å². The summed E-state index contributed by atoms with van der Waals surface area (Å²) in [5.41, 5.74) is 9.19. The first-order valence-electron chi connectivity index (χ1n) is 14.1. The zero-order valence-corrected chi connectivity index (χ0v) is 22.8. The van der Waals surface area contributed by atoms with E-state index >= 15 is 0 Å². The third kappa shape index (κ3) is 4.34. The fourth-order valence-corrected chi connectivity index (χ4v) is 6.33. The Labute approximate surface area is 242 Å². The molecule has 7 rings (SSSR count). The molecule has 0 bridgehead atoms. The average molecular weight is 528 g/mol. The van der Waals surface area contributed by atoms with E-state index in [1.807, 2.05) is 0 Å². The van der Waals surface area contributed by atoms with Gasteiger partial charge in [0.05, 0.1) is 16.7 Å². The second-order valence-electron chi connectivity index (χ2n) is 10.4. The minimum atomic E-state index is -0.537. The van der Waals surface area contributed by atoms with E-state index in [0.717, 1.165) is 0 Å². The van der Waals surface area contributed by atoms with E-state index in [1.165, 1.54) is 44.9 Å². The third-order valence-corrected chi connectivity index (χ3v) is 8.11. The SMILES string of the molecule is C1=[N+](c2ccccc2)CN(c2ccccc2)c2c1cccc2C(c1ccccc1)(c1ccccc1)c1ccccc1. The molecule has 2 heteroatoms. The zero-order chi connectivity index (χ0) is 27.5. The largest absolute Gasteiger partial charge is 0.285 e. The summed E-state index contributed by atoms with van der Waals surface area (Å²) in [5.74, 6) is 0. The number of hydrogen-bond donors (Lipinski definition) is 0. The molecule has 6 aromatic carbocycles. The van der Waals surface area contributed by atoms with Crippen LogP contribution in [0.2, 0.25) is 0 Å². The van der Waals surface area contributed by atoms with E-state index in [1.54, 1.807) is 0 Å². The van der Waals surface area contributed by atoms with E-state index in [9.17, 15) is 0 Å². The lowest BCUT2D eigenvalue weighted by Gasteiger charge is -2.41. The molecule has 2 nitrogen and oxygen atoms in total. The van der Waals surface area contributed by atoms with Gasteiger partial charge in [-0.3, -0.25) is 4.90 Å². The predicted molar refractivity (Wildman–Crippen MR) is 170 cm³/mol. The van der Waals surface area contributed by atoms with Gasteiger partial charge >= 0.3 is 0 Å².